The average molecular weight is 344 g/mol. The van der Waals surface area contributed by atoms with E-state index in [1.165, 1.54) is 0 Å². The van der Waals surface area contributed by atoms with Crippen LogP contribution in [0.25, 0.3) is 0 Å². The van der Waals surface area contributed by atoms with Crippen LogP contribution in [-0.4, -0.2) is 17.4 Å². The summed E-state index contributed by atoms with van der Waals surface area (Å²) in [6.07, 6.45) is -1.27. The molecule has 0 spiro atoms. The zero-order chi connectivity index (χ0) is 16.9. The van der Waals surface area contributed by atoms with Crippen LogP contribution in [0.3, 0.4) is 0 Å². The van der Waals surface area contributed by atoms with Gasteiger partial charge in [0.05, 0.1) is 22.8 Å². The summed E-state index contributed by atoms with van der Waals surface area (Å²) >= 11 is 5.83. The van der Waals surface area contributed by atoms with Gasteiger partial charge in [-0.3, -0.25) is 9.78 Å². The minimum Gasteiger partial charge on any atom is -0.375 e. The van der Waals surface area contributed by atoms with E-state index in [0.717, 1.165) is 23.8 Å². The number of aromatic nitrogens is 1. The fourth-order valence-corrected chi connectivity index (χ4v) is 1.96. The number of rotatable bonds is 5. The molecule has 2 rings (SSSR count). The Kier molecular flexibility index (Phi) is 5.44. The molecule has 122 valence electrons. The largest absolute Gasteiger partial charge is 0.416 e. The second-order valence-corrected chi connectivity index (χ2v) is 5.09. The van der Waals surface area contributed by atoms with Crippen molar-refractivity contribution in [3.63, 3.8) is 0 Å². The van der Waals surface area contributed by atoms with Crippen molar-refractivity contribution < 1.29 is 18.0 Å². The van der Waals surface area contributed by atoms with Gasteiger partial charge in [0.15, 0.2) is 0 Å². The number of hydrogen-bond acceptors (Lipinski definition) is 3. The Morgan fingerprint density at radius 1 is 1.17 bits per heavy atom. The zero-order valence-electron chi connectivity index (χ0n) is 11.8. The number of amides is 1. The van der Waals surface area contributed by atoms with E-state index in [4.69, 9.17) is 11.6 Å². The molecule has 2 N–H and O–H groups in total. The highest BCUT2D eigenvalue weighted by Gasteiger charge is 2.30. The highest BCUT2D eigenvalue weighted by molar-refractivity contribution is 6.33. The summed E-state index contributed by atoms with van der Waals surface area (Å²) in [6.45, 7) is 0.117. The fourth-order valence-electron chi connectivity index (χ4n) is 1.78. The highest BCUT2D eigenvalue weighted by Crippen LogP contribution is 2.33. The predicted molar refractivity (Wildman–Crippen MR) is 81.0 cm³/mol. The Labute approximate surface area is 135 Å². The lowest BCUT2D eigenvalue weighted by Gasteiger charge is -2.12. The van der Waals surface area contributed by atoms with Gasteiger partial charge in [0.2, 0.25) is 5.91 Å². The molecule has 1 amide bonds. The topological polar surface area (TPSA) is 54.0 Å². The van der Waals surface area contributed by atoms with Crippen molar-refractivity contribution in [2.45, 2.75) is 12.7 Å². The molecule has 0 bridgehead atoms. The van der Waals surface area contributed by atoms with Gasteiger partial charge in [-0.25, -0.2) is 0 Å². The SMILES string of the molecule is O=C(CNc1cc(C(F)(F)F)ccc1Cl)NCc1ccncc1. The first kappa shape index (κ1) is 17.1. The molecule has 4 nitrogen and oxygen atoms in total. The van der Waals surface area contributed by atoms with E-state index in [0.29, 0.717) is 6.54 Å². The van der Waals surface area contributed by atoms with E-state index in [1.807, 2.05) is 0 Å². The van der Waals surface area contributed by atoms with Crippen LogP contribution in [0.15, 0.2) is 42.7 Å². The van der Waals surface area contributed by atoms with Crippen LogP contribution < -0.4 is 10.6 Å². The van der Waals surface area contributed by atoms with Gasteiger partial charge in [-0.15, -0.1) is 0 Å². The average Bonchev–Trinajstić information content (AvgIpc) is 2.52. The Morgan fingerprint density at radius 2 is 1.87 bits per heavy atom. The number of benzene rings is 1. The Morgan fingerprint density at radius 3 is 2.52 bits per heavy atom. The maximum atomic E-state index is 12.7. The molecule has 0 fully saturated rings. The van der Waals surface area contributed by atoms with Crippen molar-refractivity contribution >= 4 is 23.2 Å². The Hall–Kier alpha value is -2.28. The molecule has 1 aromatic carbocycles. The number of alkyl halides is 3. The molecule has 8 heteroatoms. The third-order valence-electron chi connectivity index (χ3n) is 2.97. The number of hydrogen-bond donors (Lipinski definition) is 2. The van der Waals surface area contributed by atoms with Gasteiger partial charge in [0.1, 0.15) is 0 Å². The van der Waals surface area contributed by atoms with Gasteiger partial charge < -0.3 is 10.6 Å². The van der Waals surface area contributed by atoms with Crippen molar-refractivity contribution in [2.75, 3.05) is 11.9 Å². The summed E-state index contributed by atoms with van der Waals surface area (Å²) in [4.78, 5) is 15.6. The molecule has 0 aliphatic carbocycles. The molecule has 0 aliphatic heterocycles. The quantitative estimate of drug-likeness (QED) is 0.874. The number of carbonyl (C=O) groups excluding carboxylic acids is 1. The van der Waals surface area contributed by atoms with Crippen LogP contribution in [0.2, 0.25) is 5.02 Å². The summed E-state index contributed by atoms with van der Waals surface area (Å²) in [5, 5.41) is 5.36. The molecule has 2 aromatic rings. The Bertz CT molecular complexity index is 677. The first-order valence-corrected chi connectivity index (χ1v) is 7.00. The molecule has 1 heterocycles. The van der Waals surface area contributed by atoms with Gasteiger partial charge in [-0.2, -0.15) is 13.2 Å². The molecule has 0 atom stereocenters. The standard InChI is InChI=1S/C15H13ClF3N3O/c16-12-2-1-11(15(17,18)19)7-13(12)21-9-14(23)22-8-10-3-5-20-6-4-10/h1-7,21H,8-9H2,(H,22,23). The number of nitrogens with one attached hydrogen (secondary N) is 2. The van der Waals surface area contributed by atoms with E-state index < -0.39 is 11.7 Å². The number of carbonyl (C=O) groups is 1. The van der Waals surface area contributed by atoms with E-state index >= 15 is 0 Å². The van der Waals surface area contributed by atoms with Crippen LogP contribution in [0.4, 0.5) is 18.9 Å². The summed E-state index contributed by atoms with van der Waals surface area (Å²) in [6, 6.07) is 6.39. The molecule has 0 saturated carbocycles. The van der Waals surface area contributed by atoms with Crippen LogP contribution in [0.1, 0.15) is 11.1 Å². The van der Waals surface area contributed by atoms with Crippen molar-refractivity contribution in [1.29, 1.82) is 0 Å². The molecule has 0 saturated heterocycles. The summed E-state index contributed by atoms with van der Waals surface area (Å²) in [5.41, 5.74) is 0.0904. The first-order valence-electron chi connectivity index (χ1n) is 6.62. The maximum absolute atomic E-state index is 12.7. The van der Waals surface area contributed by atoms with E-state index in [2.05, 4.69) is 15.6 Å². The van der Waals surface area contributed by atoms with Crippen molar-refractivity contribution in [3.05, 3.63) is 58.9 Å². The van der Waals surface area contributed by atoms with Gasteiger partial charge >= 0.3 is 6.18 Å². The molecule has 0 radical (unpaired) electrons. The monoisotopic (exact) mass is 343 g/mol. The van der Waals surface area contributed by atoms with Gasteiger partial charge in [-0.1, -0.05) is 11.6 Å². The molecule has 0 aliphatic rings. The normalized spacial score (nSPS) is 11.1. The fraction of sp³-hybridized carbons (Fsp3) is 0.200. The lowest BCUT2D eigenvalue weighted by molar-refractivity contribution is -0.137. The van der Waals surface area contributed by atoms with Crippen molar-refractivity contribution in [3.8, 4) is 0 Å². The minimum absolute atomic E-state index is 0.0561. The lowest BCUT2D eigenvalue weighted by Crippen LogP contribution is -2.29. The Balaban J connectivity index is 1.91. The van der Waals surface area contributed by atoms with Crippen LogP contribution in [0.5, 0.6) is 0 Å². The highest BCUT2D eigenvalue weighted by atomic mass is 35.5. The van der Waals surface area contributed by atoms with Crippen molar-refractivity contribution in [2.24, 2.45) is 0 Å². The molecule has 1 aromatic heterocycles. The number of anilines is 1. The van der Waals surface area contributed by atoms with Crippen LogP contribution in [0, 0.1) is 0 Å². The van der Waals surface area contributed by atoms with Gasteiger partial charge in [0, 0.05) is 18.9 Å². The third-order valence-corrected chi connectivity index (χ3v) is 3.30. The molecular weight excluding hydrogens is 331 g/mol. The molecular formula is C15H13ClF3N3O. The molecule has 0 unspecified atom stereocenters. The van der Waals surface area contributed by atoms with E-state index in [9.17, 15) is 18.0 Å². The summed E-state index contributed by atoms with van der Waals surface area (Å²) in [5.74, 6) is -0.365. The first-order chi connectivity index (χ1) is 10.9. The van der Waals surface area contributed by atoms with E-state index in [-0.39, 0.29) is 23.2 Å². The second-order valence-electron chi connectivity index (χ2n) is 4.68. The molecule has 23 heavy (non-hydrogen) atoms. The van der Waals surface area contributed by atoms with Crippen molar-refractivity contribution in [1.82, 2.24) is 10.3 Å². The van der Waals surface area contributed by atoms with Crippen LogP contribution in [-0.2, 0) is 17.5 Å². The summed E-state index contributed by atoms with van der Waals surface area (Å²) < 4.78 is 38.0. The zero-order valence-corrected chi connectivity index (χ0v) is 12.6. The second kappa shape index (κ2) is 7.32. The number of halogens is 4. The number of pyridine rings is 1. The summed E-state index contributed by atoms with van der Waals surface area (Å²) in [7, 11) is 0. The number of nitrogens with zero attached hydrogens (tertiary/aromatic N) is 1. The van der Waals surface area contributed by atoms with Gasteiger partial charge in [0.25, 0.3) is 0 Å². The third kappa shape index (κ3) is 5.14. The maximum Gasteiger partial charge on any atom is 0.416 e. The van der Waals surface area contributed by atoms with E-state index in [1.54, 1.807) is 24.5 Å². The smallest absolute Gasteiger partial charge is 0.375 e. The lowest BCUT2D eigenvalue weighted by atomic mass is 10.2. The van der Waals surface area contributed by atoms with Crippen LogP contribution >= 0.6 is 11.6 Å². The predicted octanol–water partition coefficient (Wildman–Crippen LogP) is 3.48. The minimum atomic E-state index is -4.47. The van der Waals surface area contributed by atoms with Gasteiger partial charge in [-0.05, 0) is 35.9 Å².